The minimum Gasteiger partial charge on any atom is -0.481 e. The fourth-order valence-electron chi connectivity index (χ4n) is 1.91. The Morgan fingerprint density at radius 3 is 2.88 bits per heavy atom. The topological polar surface area (TPSA) is 21.6 Å². The van der Waals surface area contributed by atoms with Gasteiger partial charge in [-0.3, -0.25) is 0 Å². The second kappa shape index (κ2) is 5.50. The van der Waals surface area contributed by atoms with Crippen LogP contribution in [0.5, 0.6) is 0 Å². The summed E-state index contributed by atoms with van der Waals surface area (Å²) >= 11 is 0. The van der Waals surface area contributed by atoms with Gasteiger partial charge in [0, 0.05) is 0 Å². The summed E-state index contributed by atoms with van der Waals surface area (Å²) in [6.07, 6.45) is 7.26. The average Bonchev–Trinajstić information content (AvgIpc) is 2.55. The summed E-state index contributed by atoms with van der Waals surface area (Å²) in [6.45, 7) is 0. The zero-order chi connectivity index (χ0) is 11.2. The van der Waals surface area contributed by atoms with Gasteiger partial charge >= 0.3 is 0 Å². The predicted octanol–water partition coefficient (Wildman–Crippen LogP) is 2.99. The Morgan fingerprint density at radius 2 is 2.12 bits per heavy atom. The summed E-state index contributed by atoms with van der Waals surface area (Å²) in [5.41, 5.74) is 1.34. The molecule has 1 aromatic carbocycles. The molecule has 0 amide bonds. The molecule has 2 nitrogen and oxygen atoms in total. The van der Waals surface area contributed by atoms with Crippen LogP contribution in [0.1, 0.15) is 18.4 Å². The lowest BCUT2D eigenvalue weighted by atomic mass is 10.0. The van der Waals surface area contributed by atoms with Crippen molar-refractivity contribution >= 4 is 5.90 Å². The zero-order valence-electron chi connectivity index (χ0n) is 9.60. The summed E-state index contributed by atoms with van der Waals surface area (Å²) in [5.74, 6) is 0.749. The summed E-state index contributed by atoms with van der Waals surface area (Å²) in [6, 6.07) is 10.8. The van der Waals surface area contributed by atoms with E-state index in [1.807, 2.05) is 12.1 Å². The van der Waals surface area contributed by atoms with Crippen molar-refractivity contribution in [3.8, 4) is 0 Å². The van der Waals surface area contributed by atoms with Gasteiger partial charge in [0.05, 0.1) is 13.2 Å². The molecule has 1 heterocycles. The Morgan fingerprint density at radius 1 is 1.31 bits per heavy atom. The number of allylic oxidation sites excluding steroid dienone is 1. The smallest absolute Gasteiger partial charge is 0.208 e. The van der Waals surface area contributed by atoms with Crippen LogP contribution in [0.15, 0.2) is 47.5 Å². The van der Waals surface area contributed by atoms with Crippen molar-refractivity contribution in [1.82, 2.24) is 0 Å². The van der Waals surface area contributed by atoms with Crippen LogP contribution in [-0.2, 0) is 11.2 Å². The van der Waals surface area contributed by atoms with Crippen molar-refractivity contribution in [3.05, 3.63) is 48.0 Å². The van der Waals surface area contributed by atoms with E-state index in [9.17, 15) is 0 Å². The van der Waals surface area contributed by atoms with Gasteiger partial charge in [-0.1, -0.05) is 36.4 Å². The van der Waals surface area contributed by atoms with Gasteiger partial charge in [0.2, 0.25) is 5.90 Å². The average molecular weight is 215 g/mol. The number of ether oxygens (including phenoxy) is 1. The van der Waals surface area contributed by atoms with Gasteiger partial charge in [-0.15, -0.1) is 0 Å². The third-order valence-corrected chi connectivity index (χ3v) is 2.76. The van der Waals surface area contributed by atoms with E-state index in [0.717, 1.165) is 25.2 Å². The van der Waals surface area contributed by atoms with E-state index >= 15 is 0 Å². The van der Waals surface area contributed by atoms with Crippen LogP contribution < -0.4 is 0 Å². The molecule has 0 spiro atoms. The van der Waals surface area contributed by atoms with Crippen molar-refractivity contribution in [2.45, 2.75) is 25.3 Å². The van der Waals surface area contributed by atoms with Crippen LogP contribution >= 0.6 is 0 Å². The van der Waals surface area contributed by atoms with Crippen molar-refractivity contribution < 1.29 is 4.74 Å². The molecular weight excluding hydrogens is 198 g/mol. The second-order valence-electron chi connectivity index (χ2n) is 3.99. The lowest BCUT2D eigenvalue weighted by molar-refractivity contribution is 0.400. The summed E-state index contributed by atoms with van der Waals surface area (Å²) in [4.78, 5) is 4.60. The van der Waals surface area contributed by atoms with Crippen LogP contribution in [0, 0.1) is 0 Å². The Balaban J connectivity index is 2.05. The molecule has 16 heavy (non-hydrogen) atoms. The fraction of sp³-hybridized carbons (Fsp3) is 0.357. The molecule has 0 N–H and O–H groups in total. The van der Waals surface area contributed by atoms with Gasteiger partial charge in [-0.25, -0.2) is 4.99 Å². The zero-order valence-corrected chi connectivity index (χ0v) is 9.60. The maximum absolute atomic E-state index is 5.20. The van der Waals surface area contributed by atoms with E-state index in [1.165, 1.54) is 5.56 Å². The van der Waals surface area contributed by atoms with Gasteiger partial charge < -0.3 is 4.74 Å². The highest BCUT2D eigenvalue weighted by Gasteiger charge is 2.11. The van der Waals surface area contributed by atoms with E-state index in [0.29, 0.717) is 6.04 Å². The van der Waals surface area contributed by atoms with Crippen LogP contribution in [-0.4, -0.2) is 19.0 Å². The van der Waals surface area contributed by atoms with E-state index in [4.69, 9.17) is 4.74 Å². The maximum atomic E-state index is 5.20. The number of hydrogen-bond acceptors (Lipinski definition) is 2. The SMILES string of the molecule is COC1=NC(Cc2ccccc2)CCC=C1. The first kappa shape index (κ1) is 10.9. The molecule has 0 bridgehead atoms. The summed E-state index contributed by atoms with van der Waals surface area (Å²) in [5, 5.41) is 0. The Labute approximate surface area is 96.7 Å². The Bertz CT molecular complexity index is 381. The van der Waals surface area contributed by atoms with E-state index < -0.39 is 0 Å². The summed E-state index contributed by atoms with van der Waals surface area (Å²) < 4.78 is 5.20. The molecule has 0 aromatic heterocycles. The third-order valence-electron chi connectivity index (χ3n) is 2.76. The predicted molar refractivity (Wildman–Crippen MR) is 66.8 cm³/mol. The van der Waals surface area contributed by atoms with E-state index in [-0.39, 0.29) is 0 Å². The lowest BCUT2D eigenvalue weighted by Gasteiger charge is -2.11. The molecule has 0 fully saturated rings. The Hall–Kier alpha value is -1.57. The van der Waals surface area contributed by atoms with E-state index in [2.05, 4.69) is 35.3 Å². The molecule has 1 aliphatic rings. The van der Waals surface area contributed by atoms with Crippen molar-refractivity contribution in [3.63, 3.8) is 0 Å². The van der Waals surface area contributed by atoms with Crippen molar-refractivity contribution in [2.24, 2.45) is 4.99 Å². The molecule has 84 valence electrons. The molecule has 1 unspecified atom stereocenters. The molecule has 0 radical (unpaired) electrons. The standard InChI is InChI=1S/C14H17NO/c1-16-14-10-6-5-9-13(15-14)11-12-7-3-2-4-8-12/h2-4,6-8,10,13H,5,9,11H2,1H3. The van der Waals surface area contributed by atoms with Gasteiger partial charge in [0.25, 0.3) is 0 Å². The van der Waals surface area contributed by atoms with E-state index in [1.54, 1.807) is 7.11 Å². The van der Waals surface area contributed by atoms with Crippen molar-refractivity contribution in [1.29, 1.82) is 0 Å². The van der Waals surface area contributed by atoms with Crippen LogP contribution in [0.4, 0.5) is 0 Å². The highest BCUT2D eigenvalue weighted by Crippen LogP contribution is 2.14. The van der Waals surface area contributed by atoms with Crippen LogP contribution in [0.25, 0.3) is 0 Å². The normalized spacial score (nSPS) is 20.1. The van der Waals surface area contributed by atoms with Crippen LogP contribution in [0.2, 0.25) is 0 Å². The lowest BCUT2D eigenvalue weighted by Crippen LogP contribution is -2.10. The molecule has 0 saturated carbocycles. The third kappa shape index (κ3) is 2.96. The first-order valence-electron chi connectivity index (χ1n) is 5.71. The number of hydrogen-bond donors (Lipinski definition) is 0. The minimum atomic E-state index is 0.340. The molecule has 1 aliphatic heterocycles. The van der Waals surface area contributed by atoms with Crippen LogP contribution in [0.3, 0.4) is 0 Å². The first-order chi connectivity index (χ1) is 7.88. The molecule has 2 rings (SSSR count). The monoisotopic (exact) mass is 215 g/mol. The van der Waals surface area contributed by atoms with Gasteiger partial charge in [0.1, 0.15) is 0 Å². The minimum absolute atomic E-state index is 0.340. The molecule has 2 heteroatoms. The highest BCUT2D eigenvalue weighted by atomic mass is 16.5. The Kier molecular flexibility index (Phi) is 3.76. The van der Waals surface area contributed by atoms with Gasteiger partial charge in [-0.05, 0) is 30.9 Å². The molecule has 1 atom stereocenters. The number of aliphatic imine (C=N–C) groups is 1. The molecular formula is C14H17NO. The quantitative estimate of drug-likeness (QED) is 0.743. The van der Waals surface area contributed by atoms with Crippen molar-refractivity contribution in [2.75, 3.05) is 7.11 Å². The highest BCUT2D eigenvalue weighted by molar-refractivity contribution is 5.87. The van der Waals surface area contributed by atoms with Gasteiger partial charge in [0.15, 0.2) is 0 Å². The maximum Gasteiger partial charge on any atom is 0.208 e. The largest absolute Gasteiger partial charge is 0.481 e. The number of methoxy groups -OCH3 is 1. The molecule has 0 saturated heterocycles. The number of rotatable bonds is 2. The number of nitrogens with zero attached hydrogens (tertiary/aromatic N) is 1. The molecule has 1 aromatic rings. The first-order valence-corrected chi connectivity index (χ1v) is 5.71. The fourth-order valence-corrected chi connectivity index (χ4v) is 1.91. The number of benzene rings is 1. The van der Waals surface area contributed by atoms with Gasteiger partial charge in [-0.2, -0.15) is 0 Å². The molecule has 0 aliphatic carbocycles. The summed E-state index contributed by atoms with van der Waals surface area (Å²) in [7, 11) is 1.67. The second-order valence-corrected chi connectivity index (χ2v) is 3.99.